The van der Waals surface area contributed by atoms with Crippen molar-refractivity contribution >= 4 is 0 Å². The molecule has 0 fully saturated rings. The minimum atomic E-state index is 0.654. The van der Waals surface area contributed by atoms with Gasteiger partial charge in [0.15, 0.2) is 0 Å². The molecule has 96 valence electrons. The van der Waals surface area contributed by atoms with Crippen molar-refractivity contribution in [2.75, 3.05) is 6.54 Å². The van der Waals surface area contributed by atoms with Crippen LogP contribution in [0.15, 0.2) is 18.2 Å². The Morgan fingerprint density at radius 1 is 1.18 bits per heavy atom. The first-order chi connectivity index (χ1) is 8.22. The molecule has 0 amide bonds. The summed E-state index contributed by atoms with van der Waals surface area (Å²) in [4.78, 5) is 2.55. The third-order valence-electron chi connectivity index (χ3n) is 3.25. The number of nitrogens with zero attached hydrogens (tertiary/aromatic N) is 1. The van der Waals surface area contributed by atoms with Crippen LogP contribution in [0, 0.1) is 0 Å². The minimum Gasteiger partial charge on any atom is -0.295 e. The second kappa shape index (κ2) is 6.80. The molecule has 0 N–H and O–H groups in total. The van der Waals surface area contributed by atoms with E-state index in [9.17, 15) is 0 Å². The van der Waals surface area contributed by atoms with Crippen LogP contribution in [0.3, 0.4) is 0 Å². The molecule has 0 saturated heterocycles. The molecule has 0 atom stereocenters. The molecule has 0 bridgehead atoms. The average molecular weight is 233 g/mol. The van der Waals surface area contributed by atoms with Crippen molar-refractivity contribution in [1.29, 1.82) is 0 Å². The first-order valence-corrected chi connectivity index (χ1v) is 7.05. The predicted molar refractivity (Wildman–Crippen MR) is 76.3 cm³/mol. The van der Waals surface area contributed by atoms with Crippen LogP contribution >= 0.6 is 0 Å². The van der Waals surface area contributed by atoms with E-state index >= 15 is 0 Å². The Labute approximate surface area is 107 Å². The van der Waals surface area contributed by atoms with Crippen LogP contribution < -0.4 is 0 Å². The molecular formula is C16H27N. The Morgan fingerprint density at radius 2 is 1.88 bits per heavy atom. The Bertz CT molecular complexity index is 341. The van der Waals surface area contributed by atoms with Crippen molar-refractivity contribution < 1.29 is 0 Å². The number of hydrogen-bond donors (Lipinski definition) is 0. The maximum Gasteiger partial charge on any atom is 0.0243 e. The molecule has 1 nitrogen and oxygen atoms in total. The van der Waals surface area contributed by atoms with Crippen LogP contribution in [-0.2, 0) is 13.1 Å². The molecule has 1 aliphatic heterocycles. The zero-order valence-corrected chi connectivity index (χ0v) is 12.1. The summed E-state index contributed by atoms with van der Waals surface area (Å²) in [6.07, 6.45) is 1.25. The molecule has 0 spiro atoms. The first-order valence-electron chi connectivity index (χ1n) is 7.05. The molecule has 1 aromatic carbocycles. The van der Waals surface area contributed by atoms with Gasteiger partial charge in [0.05, 0.1) is 0 Å². The lowest BCUT2D eigenvalue weighted by Crippen LogP contribution is -2.16. The summed E-state index contributed by atoms with van der Waals surface area (Å²) in [6, 6.07) is 6.79. The van der Waals surface area contributed by atoms with E-state index in [2.05, 4.69) is 43.9 Å². The fourth-order valence-corrected chi connectivity index (χ4v) is 2.53. The second-order valence-corrected chi connectivity index (χ2v) is 4.85. The SMILES string of the molecule is CC.CCCN1Cc2cccc(C(C)C)c2C1. The molecular weight excluding hydrogens is 206 g/mol. The maximum atomic E-state index is 2.55. The van der Waals surface area contributed by atoms with Gasteiger partial charge in [0.25, 0.3) is 0 Å². The van der Waals surface area contributed by atoms with Gasteiger partial charge in [-0.25, -0.2) is 0 Å². The van der Waals surface area contributed by atoms with Gasteiger partial charge in [0.2, 0.25) is 0 Å². The zero-order valence-electron chi connectivity index (χ0n) is 12.1. The molecule has 1 heteroatoms. The highest BCUT2D eigenvalue weighted by Crippen LogP contribution is 2.29. The number of benzene rings is 1. The highest BCUT2D eigenvalue weighted by molar-refractivity contribution is 5.39. The monoisotopic (exact) mass is 233 g/mol. The summed E-state index contributed by atoms with van der Waals surface area (Å²) < 4.78 is 0. The number of hydrogen-bond acceptors (Lipinski definition) is 1. The number of rotatable bonds is 3. The van der Waals surface area contributed by atoms with Gasteiger partial charge in [-0.05, 0) is 35.6 Å². The van der Waals surface area contributed by atoms with Crippen molar-refractivity contribution in [3.05, 3.63) is 34.9 Å². The average Bonchev–Trinajstić information content (AvgIpc) is 2.73. The van der Waals surface area contributed by atoms with E-state index in [1.54, 1.807) is 16.7 Å². The van der Waals surface area contributed by atoms with Crippen molar-refractivity contribution in [2.24, 2.45) is 0 Å². The van der Waals surface area contributed by atoms with Crippen molar-refractivity contribution in [2.45, 2.75) is 60.0 Å². The van der Waals surface area contributed by atoms with Gasteiger partial charge in [-0.3, -0.25) is 4.90 Å². The molecule has 1 aliphatic rings. The van der Waals surface area contributed by atoms with E-state index in [1.165, 1.54) is 13.0 Å². The van der Waals surface area contributed by atoms with Crippen LogP contribution in [0.2, 0.25) is 0 Å². The summed E-state index contributed by atoms with van der Waals surface area (Å²) in [5.41, 5.74) is 4.70. The van der Waals surface area contributed by atoms with Crippen molar-refractivity contribution in [3.63, 3.8) is 0 Å². The Kier molecular flexibility index (Phi) is 5.70. The standard InChI is InChI=1S/C14H21N.C2H6/c1-4-8-15-9-12-6-5-7-13(11(2)3)14(12)10-15;1-2/h5-7,11H,4,8-10H2,1-3H3;1-2H3. The summed E-state index contributed by atoms with van der Waals surface area (Å²) in [5, 5.41) is 0. The molecule has 2 rings (SSSR count). The predicted octanol–water partition coefficient (Wildman–Crippen LogP) is 4.56. The van der Waals surface area contributed by atoms with Gasteiger partial charge in [0.1, 0.15) is 0 Å². The molecule has 0 radical (unpaired) electrons. The normalized spacial score (nSPS) is 14.5. The first kappa shape index (κ1) is 14.2. The molecule has 1 aromatic rings. The Morgan fingerprint density at radius 3 is 2.47 bits per heavy atom. The van der Waals surface area contributed by atoms with Gasteiger partial charge in [-0.2, -0.15) is 0 Å². The van der Waals surface area contributed by atoms with E-state index in [1.807, 2.05) is 13.8 Å². The lowest BCUT2D eigenvalue weighted by atomic mass is 9.95. The van der Waals surface area contributed by atoms with Crippen molar-refractivity contribution in [1.82, 2.24) is 4.90 Å². The fourth-order valence-electron chi connectivity index (χ4n) is 2.53. The molecule has 17 heavy (non-hydrogen) atoms. The summed E-state index contributed by atoms with van der Waals surface area (Å²) in [5.74, 6) is 0.654. The van der Waals surface area contributed by atoms with Gasteiger partial charge in [-0.15, -0.1) is 0 Å². The van der Waals surface area contributed by atoms with Crippen LogP contribution in [0.5, 0.6) is 0 Å². The van der Waals surface area contributed by atoms with Crippen LogP contribution in [0.1, 0.15) is 63.6 Å². The summed E-state index contributed by atoms with van der Waals surface area (Å²) in [6.45, 7) is 14.4. The summed E-state index contributed by atoms with van der Waals surface area (Å²) >= 11 is 0. The smallest absolute Gasteiger partial charge is 0.0243 e. The van der Waals surface area contributed by atoms with Crippen molar-refractivity contribution in [3.8, 4) is 0 Å². The van der Waals surface area contributed by atoms with E-state index in [-0.39, 0.29) is 0 Å². The van der Waals surface area contributed by atoms with Gasteiger partial charge in [0, 0.05) is 13.1 Å². The maximum absolute atomic E-state index is 2.55. The Balaban J connectivity index is 0.000000686. The highest BCUT2D eigenvalue weighted by Gasteiger charge is 2.21. The lowest BCUT2D eigenvalue weighted by Gasteiger charge is -2.13. The van der Waals surface area contributed by atoms with Crippen LogP contribution in [-0.4, -0.2) is 11.4 Å². The molecule has 0 unspecified atom stereocenters. The molecule has 1 heterocycles. The molecule has 0 aromatic heterocycles. The van der Waals surface area contributed by atoms with Gasteiger partial charge >= 0.3 is 0 Å². The quantitative estimate of drug-likeness (QED) is 0.739. The fraction of sp³-hybridized carbons (Fsp3) is 0.625. The minimum absolute atomic E-state index is 0.654. The second-order valence-electron chi connectivity index (χ2n) is 4.85. The highest BCUT2D eigenvalue weighted by atomic mass is 15.1. The van der Waals surface area contributed by atoms with Crippen LogP contribution in [0.4, 0.5) is 0 Å². The lowest BCUT2D eigenvalue weighted by molar-refractivity contribution is 0.284. The largest absolute Gasteiger partial charge is 0.295 e. The van der Waals surface area contributed by atoms with Gasteiger partial charge in [-0.1, -0.05) is 52.8 Å². The van der Waals surface area contributed by atoms with E-state index in [0.29, 0.717) is 5.92 Å². The van der Waals surface area contributed by atoms with E-state index in [4.69, 9.17) is 0 Å². The van der Waals surface area contributed by atoms with Gasteiger partial charge < -0.3 is 0 Å². The third kappa shape index (κ3) is 3.32. The summed E-state index contributed by atoms with van der Waals surface area (Å²) in [7, 11) is 0. The Hall–Kier alpha value is -0.820. The van der Waals surface area contributed by atoms with Crippen LogP contribution in [0.25, 0.3) is 0 Å². The topological polar surface area (TPSA) is 3.24 Å². The third-order valence-corrected chi connectivity index (χ3v) is 3.25. The van der Waals surface area contributed by atoms with E-state index in [0.717, 1.165) is 13.1 Å². The molecule has 0 saturated carbocycles. The van der Waals surface area contributed by atoms with E-state index < -0.39 is 0 Å². The zero-order chi connectivity index (χ0) is 12.8. The molecule has 0 aliphatic carbocycles. The number of fused-ring (bicyclic) bond motifs is 1.